The first-order valence-electron chi connectivity index (χ1n) is 4.90. The molecule has 18 heavy (non-hydrogen) atoms. The number of halogens is 3. The van der Waals surface area contributed by atoms with E-state index in [1.807, 2.05) is 0 Å². The first kappa shape index (κ1) is 14.6. The molecule has 1 aromatic heterocycles. The van der Waals surface area contributed by atoms with E-state index in [1.165, 1.54) is 6.92 Å². The summed E-state index contributed by atoms with van der Waals surface area (Å²) in [5, 5.41) is 0. The third-order valence-electron chi connectivity index (χ3n) is 2.23. The van der Waals surface area contributed by atoms with Crippen molar-refractivity contribution in [3.8, 4) is 0 Å². The smallest absolute Gasteiger partial charge is 0.293 e. The third-order valence-corrected chi connectivity index (χ3v) is 3.97. The normalized spacial score (nSPS) is 12.5. The average molecular weight is 281 g/mol. The molecule has 0 aromatic carbocycles. The van der Waals surface area contributed by atoms with Crippen LogP contribution in [0.15, 0.2) is 17.2 Å². The summed E-state index contributed by atoms with van der Waals surface area (Å²) in [6.07, 6.45) is -4.26. The number of pyridine rings is 1. The summed E-state index contributed by atoms with van der Waals surface area (Å²) in [5.74, 6) is -1.10. The van der Waals surface area contributed by atoms with Crippen molar-refractivity contribution in [2.75, 3.05) is 5.75 Å². The quantitative estimate of drug-likeness (QED) is 0.796. The van der Waals surface area contributed by atoms with Gasteiger partial charge in [-0.15, -0.1) is 0 Å². The molecule has 0 fully saturated rings. The lowest BCUT2D eigenvalue weighted by molar-refractivity contribution is -0.138. The van der Waals surface area contributed by atoms with Crippen LogP contribution in [-0.4, -0.2) is 24.9 Å². The van der Waals surface area contributed by atoms with Crippen LogP contribution in [0.5, 0.6) is 0 Å². The van der Waals surface area contributed by atoms with Crippen molar-refractivity contribution in [2.45, 2.75) is 24.9 Å². The van der Waals surface area contributed by atoms with Gasteiger partial charge in [-0.3, -0.25) is 9.78 Å². The van der Waals surface area contributed by atoms with Gasteiger partial charge in [0, 0.05) is 13.1 Å². The van der Waals surface area contributed by atoms with Crippen LogP contribution in [0.2, 0.25) is 0 Å². The molecular formula is C10H10F3NO3S. The number of carbonyl (C=O) groups excluding carboxylic acids is 1. The van der Waals surface area contributed by atoms with Crippen molar-refractivity contribution in [1.29, 1.82) is 0 Å². The number of nitrogens with zero attached hydrogens (tertiary/aromatic N) is 1. The number of Topliss-reactive ketones (excluding diaryl/α,β-unsaturated/α-hetero) is 1. The van der Waals surface area contributed by atoms with Crippen LogP contribution in [0.1, 0.15) is 29.9 Å². The van der Waals surface area contributed by atoms with E-state index in [2.05, 4.69) is 4.98 Å². The number of aromatic nitrogens is 1. The molecule has 1 rings (SSSR count). The maximum Gasteiger partial charge on any atom is 0.417 e. The number of alkyl halides is 3. The Hall–Kier alpha value is -1.44. The zero-order chi connectivity index (χ0) is 14.1. The molecule has 8 heteroatoms. The molecule has 0 aliphatic heterocycles. The highest BCUT2D eigenvalue weighted by Gasteiger charge is 2.33. The third kappa shape index (κ3) is 2.87. The lowest BCUT2D eigenvalue weighted by Gasteiger charge is -2.10. The van der Waals surface area contributed by atoms with E-state index < -0.39 is 43.7 Å². The van der Waals surface area contributed by atoms with Gasteiger partial charge in [-0.25, -0.2) is 8.42 Å². The molecule has 0 unspecified atom stereocenters. The SMILES string of the molecule is CCS(=O)(=O)c1cc(C(F)(F)F)cnc1C(C)=O. The molecule has 4 nitrogen and oxygen atoms in total. The molecule has 0 saturated carbocycles. The van der Waals surface area contributed by atoms with Gasteiger partial charge in [0.2, 0.25) is 0 Å². The summed E-state index contributed by atoms with van der Waals surface area (Å²) in [5.41, 5.74) is -1.66. The van der Waals surface area contributed by atoms with Gasteiger partial charge in [-0.2, -0.15) is 13.2 Å². The first-order valence-corrected chi connectivity index (χ1v) is 6.55. The summed E-state index contributed by atoms with van der Waals surface area (Å²) >= 11 is 0. The topological polar surface area (TPSA) is 64.1 Å². The monoisotopic (exact) mass is 281 g/mol. The number of carbonyl (C=O) groups is 1. The van der Waals surface area contributed by atoms with Gasteiger partial charge in [0.05, 0.1) is 16.2 Å². The van der Waals surface area contributed by atoms with Crippen LogP contribution in [-0.2, 0) is 16.0 Å². The molecule has 100 valence electrons. The summed E-state index contributed by atoms with van der Waals surface area (Å²) in [4.78, 5) is 13.8. The first-order chi connectivity index (χ1) is 8.09. The van der Waals surface area contributed by atoms with Crippen LogP contribution in [0.4, 0.5) is 13.2 Å². The molecule has 0 radical (unpaired) electrons. The van der Waals surface area contributed by atoms with Crippen molar-refractivity contribution in [3.63, 3.8) is 0 Å². The molecule has 0 saturated heterocycles. The molecule has 1 heterocycles. The second-order valence-electron chi connectivity index (χ2n) is 3.53. The van der Waals surface area contributed by atoms with Gasteiger partial charge >= 0.3 is 6.18 Å². The number of ketones is 1. The number of hydrogen-bond acceptors (Lipinski definition) is 4. The van der Waals surface area contributed by atoms with Gasteiger partial charge in [-0.1, -0.05) is 6.92 Å². The van der Waals surface area contributed by atoms with E-state index in [4.69, 9.17) is 0 Å². The highest BCUT2D eigenvalue weighted by Crippen LogP contribution is 2.31. The van der Waals surface area contributed by atoms with Gasteiger partial charge in [-0.05, 0) is 6.07 Å². The Balaban J connectivity index is 3.59. The summed E-state index contributed by atoms with van der Waals surface area (Å²) in [6, 6.07) is 0.447. The van der Waals surface area contributed by atoms with Crippen molar-refractivity contribution < 1.29 is 26.4 Å². The molecule has 0 amide bonds. The Morgan fingerprint density at radius 3 is 2.33 bits per heavy atom. The fourth-order valence-electron chi connectivity index (χ4n) is 1.26. The second-order valence-corrected chi connectivity index (χ2v) is 5.77. The molecule has 0 bridgehead atoms. The zero-order valence-electron chi connectivity index (χ0n) is 9.58. The molecular weight excluding hydrogens is 271 g/mol. The summed E-state index contributed by atoms with van der Waals surface area (Å²) < 4.78 is 60.7. The molecule has 0 aliphatic rings. The fraction of sp³-hybridized carbons (Fsp3) is 0.400. The largest absolute Gasteiger partial charge is 0.417 e. The van der Waals surface area contributed by atoms with Crippen molar-refractivity contribution in [2.24, 2.45) is 0 Å². The maximum absolute atomic E-state index is 12.5. The minimum absolute atomic E-state index is 0.406. The van der Waals surface area contributed by atoms with Crippen LogP contribution in [0.3, 0.4) is 0 Å². The number of sulfone groups is 1. The lowest BCUT2D eigenvalue weighted by atomic mass is 10.2. The van der Waals surface area contributed by atoms with Crippen LogP contribution in [0.25, 0.3) is 0 Å². The van der Waals surface area contributed by atoms with Gasteiger partial charge in [0.25, 0.3) is 0 Å². The standard InChI is InChI=1S/C10H10F3NO3S/c1-3-18(16,17)8-4-7(10(11,12)13)5-14-9(8)6(2)15/h4-5H,3H2,1-2H3. The van der Waals surface area contributed by atoms with Gasteiger partial charge in [0.15, 0.2) is 15.6 Å². The van der Waals surface area contributed by atoms with E-state index in [-0.39, 0.29) is 0 Å². The molecule has 0 aliphatic carbocycles. The number of rotatable bonds is 3. The van der Waals surface area contributed by atoms with Crippen molar-refractivity contribution in [1.82, 2.24) is 4.98 Å². The molecule has 0 atom stereocenters. The van der Waals surface area contributed by atoms with E-state index in [0.29, 0.717) is 12.3 Å². The summed E-state index contributed by atoms with van der Waals surface area (Å²) in [7, 11) is -3.94. The Labute approximate surface area is 102 Å². The highest BCUT2D eigenvalue weighted by atomic mass is 32.2. The van der Waals surface area contributed by atoms with Gasteiger partial charge < -0.3 is 0 Å². The van der Waals surface area contributed by atoms with Crippen LogP contribution < -0.4 is 0 Å². The Bertz CT molecular complexity index is 579. The fourth-order valence-corrected chi connectivity index (χ4v) is 2.37. The lowest BCUT2D eigenvalue weighted by Crippen LogP contribution is -2.15. The van der Waals surface area contributed by atoms with Crippen molar-refractivity contribution in [3.05, 3.63) is 23.5 Å². The average Bonchev–Trinajstić information content (AvgIpc) is 2.27. The van der Waals surface area contributed by atoms with Crippen LogP contribution >= 0.6 is 0 Å². The minimum atomic E-state index is -4.71. The van der Waals surface area contributed by atoms with Crippen molar-refractivity contribution >= 4 is 15.6 Å². The second kappa shape index (κ2) is 4.68. The maximum atomic E-state index is 12.5. The highest BCUT2D eigenvalue weighted by molar-refractivity contribution is 7.91. The van der Waals surface area contributed by atoms with E-state index in [0.717, 1.165) is 6.92 Å². The Morgan fingerprint density at radius 2 is 1.94 bits per heavy atom. The predicted octanol–water partition coefficient (Wildman–Crippen LogP) is 2.10. The molecule has 1 aromatic rings. The minimum Gasteiger partial charge on any atom is -0.293 e. The van der Waals surface area contributed by atoms with E-state index >= 15 is 0 Å². The Kier molecular flexibility index (Phi) is 3.80. The Morgan fingerprint density at radius 1 is 1.39 bits per heavy atom. The van der Waals surface area contributed by atoms with E-state index in [9.17, 15) is 26.4 Å². The molecule has 0 spiro atoms. The van der Waals surface area contributed by atoms with E-state index in [1.54, 1.807) is 0 Å². The van der Waals surface area contributed by atoms with Crippen LogP contribution in [0, 0.1) is 0 Å². The van der Waals surface area contributed by atoms with Gasteiger partial charge in [0.1, 0.15) is 5.69 Å². The summed E-state index contributed by atoms with van der Waals surface area (Å²) in [6.45, 7) is 2.32. The number of hydrogen-bond donors (Lipinski definition) is 0. The zero-order valence-corrected chi connectivity index (χ0v) is 10.4. The molecule has 0 N–H and O–H groups in total. The predicted molar refractivity (Wildman–Crippen MR) is 57.0 cm³/mol.